The molecule has 7 heteroatoms. The number of alkyl halides is 3. The normalized spacial score (nSPS) is 11.3. The average molecular weight is 262 g/mol. The molecule has 1 rings (SSSR count). The van der Waals surface area contributed by atoms with Gasteiger partial charge in [0.1, 0.15) is 12.4 Å². The minimum Gasteiger partial charge on any atom is -0.491 e. The van der Waals surface area contributed by atoms with E-state index in [-0.39, 0.29) is 12.4 Å². The van der Waals surface area contributed by atoms with Crippen molar-refractivity contribution in [2.24, 2.45) is 5.73 Å². The van der Waals surface area contributed by atoms with Crippen LogP contribution in [0.2, 0.25) is 0 Å². The fourth-order valence-corrected chi connectivity index (χ4v) is 1.24. The van der Waals surface area contributed by atoms with E-state index in [2.05, 4.69) is 4.74 Å². The Morgan fingerprint density at radius 3 is 2.28 bits per heavy atom. The van der Waals surface area contributed by atoms with Crippen LogP contribution in [0.1, 0.15) is 5.56 Å². The van der Waals surface area contributed by atoms with Crippen molar-refractivity contribution in [1.82, 2.24) is 0 Å². The van der Waals surface area contributed by atoms with Gasteiger partial charge in [-0.25, -0.2) is 0 Å². The Morgan fingerprint density at radius 1 is 1.17 bits per heavy atom. The van der Waals surface area contributed by atoms with Gasteiger partial charge in [0.05, 0.1) is 12.4 Å². The van der Waals surface area contributed by atoms with E-state index in [1.807, 2.05) is 0 Å². The van der Waals surface area contributed by atoms with Gasteiger partial charge in [-0.05, 0) is 17.7 Å². The molecule has 0 saturated heterocycles. The van der Waals surface area contributed by atoms with E-state index >= 15 is 0 Å². The minimum absolute atomic E-state index is 0.0437. The largest absolute Gasteiger partial charge is 0.522 e. The molecule has 0 atom stereocenters. The van der Waals surface area contributed by atoms with Crippen LogP contribution in [0.5, 0.6) is 5.75 Å². The van der Waals surface area contributed by atoms with E-state index in [1.54, 1.807) is 24.3 Å². The molecule has 0 amide bonds. The molecule has 1 aromatic rings. The molecule has 4 nitrogen and oxygen atoms in total. The van der Waals surface area contributed by atoms with Crippen LogP contribution >= 0.6 is 0 Å². The highest BCUT2D eigenvalue weighted by molar-refractivity contribution is 5.79. The number of nitrogens with two attached hydrogens (primary N) is 1. The summed E-state index contributed by atoms with van der Waals surface area (Å²) in [6, 6.07) is 6.60. The molecule has 0 radical (unpaired) electrons. The third-order valence-electron chi connectivity index (χ3n) is 1.94. The molecule has 0 unspecified atom stereocenters. The van der Waals surface area contributed by atoms with Crippen LogP contribution in [0.3, 0.4) is 0 Å². The number of amidine groups is 1. The number of hydrogen-bond acceptors (Lipinski definition) is 3. The van der Waals surface area contributed by atoms with E-state index in [0.717, 1.165) is 5.56 Å². The Morgan fingerprint density at radius 2 is 1.78 bits per heavy atom. The molecule has 0 heterocycles. The molecule has 100 valence electrons. The lowest BCUT2D eigenvalue weighted by Crippen LogP contribution is -2.18. The first-order valence-corrected chi connectivity index (χ1v) is 5.12. The maximum Gasteiger partial charge on any atom is 0.522 e. The molecule has 0 aromatic heterocycles. The number of ether oxygens (including phenoxy) is 2. The van der Waals surface area contributed by atoms with Gasteiger partial charge < -0.3 is 10.5 Å². The molecular weight excluding hydrogens is 249 g/mol. The lowest BCUT2D eigenvalue weighted by Gasteiger charge is -2.09. The topological polar surface area (TPSA) is 68.3 Å². The second kappa shape index (κ2) is 6.25. The van der Waals surface area contributed by atoms with Gasteiger partial charge in [-0.2, -0.15) is 0 Å². The van der Waals surface area contributed by atoms with Crippen LogP contribution in [0.25, 0.3) is 0 Å². The zero-order valence-corrected chi connectivity index (χ0v) is 9.46. The Kier molecular flexibility index (Phi) is 4.96. The van der Waals surface area contributed by atoms with Crippen molar-refractivity contribution in [3.63, 3.8) is 0 Å². The molecule has 0 saturated carbocycles. The predicted octanol–water partition coefficient (Wildman–Crippen LogP) is 2.08. The first kappa shape index (κ1) is 14.3. The molecule has 0 bridgehead atoms. The quantitative estimate of drug-likeness (QED) is 0.468. The van der Waals surface area contributed by atoms with Gasteiger partial charge in [-0.1, -0.05) is 12.1 Å². The molecule has 0 aliphatic heterocycles. The Labute approximate surface area is 102 Å². The van der Waals surface area contributed by atoms with Crippen molar-refractivity contribution in [2.75, 3.05) is 13.2 Å². The summed E-state index contributed by atoms with van der Waals surface area (Å²) in [6.45, 7) is -0.746. The number of benzene rings is 1. The maximum atomic E-state index is 11.6. The van der Waals surface area contributed by atoms with Crippen molar-refractivity contribution in [3.8, 4) is 5.75 Å². The van der Waals surface area contributed by atoms with Gasteiger partial charge in [-0.15, -0.1) is 13.2 Å². The summed E-state index contributed by atoms with van der Waals surface area (Å²) in [5.41, 5.74) is 6.07. The van der Waals surface area contributed by atoms with Crippen LogP contribution < -0.4 is 10.5 Å². The molecule has 0 fully saturated rings. The number of nitrogens with one attached hydrogen (secondary N) is 1. The van der Waals surface area contributed by atoms with Gasteiger partial charge in [0.2, 0.25) is 0 Å². The Bertz CT molecular complexity index is 390. The first-order chi connectivity index (χ1) is 8.37. The molecule has 3 N–H and O–H groups in total. The fraction of sp³-hybridized carbons (Fsp3) is 0.364. The molecular formula is C11H13F3N2O2. The van der Waals surface area contributed by atoms with Crippen LogP contribution in [0.4, 0.5) is 13.2 Å². The zero-order valence-electron chi connectivity index (χ0n) is 9.46. The van der Waals surface area contributed by atoms with E-state index < -0.39 is 13.0 Å². The van der Waals surface area contributed by atoms with Crippen molar-refractivity contribution in [1.29, 1.82) is 5.41 Å². The van der Waals surface area contributed by atoms with Crippen LogP contribution in [-0.2, 0) is 11.2 Å². The Balaban J connectivity index is 2.33. The third kappa shape index (κ3) is 6.09. The van der Waals surface area contributed by atoms with Crippen molar-refractivity contribution in [2.45, 2.75) is 12.8 Å². The van der Waals surface area contributed by atoms with E-state index in [1.165, 1.54) is 0 Å². The smallest absolute Gasteiger partial charge is 0.491 e. The number of hydrogen-bond donors (Lipinski definition) is 2. The lowest BCUT2D eigenvalue weighted by atomic mass is 10.1. The van der Waals surface area contributed by atoms with Crippen LogP contribution in [0, 0.1) is 5.41 Å². The lowest BCUT2D eigenvalue weighted by molar-refractivity contribution is -0.325. The first-order valence-electron chi connectivity index (χ1n) is 5.12. The highest BCUT2D eigenvalue weighted by Gasteiger charge is 2.28. The van der Waals surface area contributed by atoms with Crippen LogP contribution in [-0.4, -0.2) is 25.4 Å². The third-order valence-corrected chi connectivity index (χ3v) is 1.94. The van der Waals surface area contributed by atoms with Gasteiger partial charge in [-0.3, -0.25) is 10.1 Å². The second-order valence-electron chi connectivity index (χ2n) is 3.49. The predicted molar refractivity (Wildman–Crippen MR) is 59.6 cm³/mol. The average Bonchev–Trinajstić information content (AvgIpc) is 2.24. The maximum absolute atomic E-state index is 11.6. The molecule has 0 aliphatic carbocycles. The van der Waals surface area contributed by atoms with E-state index in [0.29, 0.717) is 12.2 Å². The molecule has 1 aromatic carbocycles. The summed E-state index contributed by atoms with van der Waals surface area (Å²) in [4.78, 5) is 0. The van der Waals surface area contributed by atoms with Gasteiger partial charge in [0, 0.05) is 6.42 Å². The Hall–Kier alpha value is -1.76. The number of rotatable bonds is 6. The summed E-state index contributed by atoms with van der Waals surface area (Å²) >= 11 is 0. The summed E-state index contributed by atoms with van der Waals surface area (Å²) in [6.07, 6.45) is -4.30. The van der Waals surface area contributed by atoms with Gasteiger partial charge >= 0.3 is 6.36 Å². The van der Waals surface area contributed by atoms with E-state index in [4.69, 9.17) is 15.9 Å². The number of halogens is 3. The molecule has 18 heavy (non-hydrogen) atoms. The van der Waals surface area contributed by atoms with Gasteiger partial charge in [0.25, 0.3) is 0 Å². The van der Waals surface area contributed by atoms with Crippen LogP contribution in [0.15, 0.2) is 24.3 Å². The summed E-state index contributed by atoms with van der Waals surface area (Å²) in [5.74, 6) is 0.482. The van der Waals surface area contributed by atoms with E-state index in [9.17, 15) is 13.2 Å². The summed E-state index contributed by atoms with van der Waals surface area (Å²) in [5, 5.41) is 7.10. The highest BCUT2D eigenvalue weighted by Crippen LogP contribution is 2.16. The summed E-state index contributed by atoms with van der Waals surface area (Å²) < 4.78 is 43.5. The summed E-state index contributed by atoms with van der Waals surface area (Å²) in [7, 11) is 0. The highest BCUT2D eigenvalue weighted by atomic mass is 19.4. The monoisotopic (exact) mass is 262 g/mol. The zero-order chi connectivity index (χ0) is 13.6. The molecule has 0 spiro atoms. The second-order valence-corrected chi connectivity index (χ2v) is 3.49. The fourth-order valence-electron chi connectivity index (χ4n) is 1.24. The SMILES string of the molecule is N=C(N)Cc1ccc(OCCOC(F)(F)F)cc1. The standard InChI is InChI=1S/C11H13F3N2O2/c12-11(13,14)18-6-5-17-9-3-1-8(2-4-9)7-10(15)16/h1-4H,5-7H2,(H3,15,16). The van der Waals surface area contributed by atoms with Crippen molar-refractivity contribution >= 4 is 5.84 Å². The van der Waals surface area contributed by atoms with Crippen molar-refractivity contribution < 1.29 is 22.6 Å². The van der Waals surface area contributed by atoms with Gasteiger partial charge in [0.15, 0.2) is 0 Å². The molecule has 0 aliphatic rings. The minimum atomic E-state index is -4.63. The van der Waals surface area contributed by atoms with Crippen molar-refractivity contribution in [3.05, 3.63) is 29.8 Å².